The topological polar surface area (TPSA) is 55.8 Å². The molecule has 2 aromatic rings. The van der Waals surface area contributed by atoms with Crippen LogP contribution in [0.5, 0.6) is 11.5 Å². The second kappa shape index (κ2) is 12.3. The van der Waals surface area contributed by atoms with Gasteiger partial charge in [0.05, 0.1) is 12.0 Å². The van der Waals surface area contributed by atoms with E-state index in [0.717, 1.165) is 12.8 Å². The first kappa shape index (κ1) is 28.1. The third-order valence-corrected chi connectivity index (χ3v) is 8.11. The van der Waals surface area contributed by atoms with Crippen molar-refractivity contribution in [1.29, 1.82) is 0 Å². The Labute approximate surface area is 220 Å². The van der Waals surface area contributed by atoms with Gasteiger partial charge < -0.3 is 14.6 Å². The summed E-state index contributed by atoms with van der Waals surface area (Å²) in [4.78, 5) is 12.7. The Morgan fingerprint density at radius 1 is 0.868 bits per heavy atom. The van der Waals surface area contributed by atoms with E-state index in [1.165, 1.54) is 30.3 Å². The van der Waals surface area contributed by atoms with Gasteiger partial charge in [0.25, 0.3) is 0 Å². The highest BCUT2D eigenvalue weighted by atomic mass is 19.2. The zero-order valence-electron chi connectivity index (χ0n) is 21.5. The van der Waals surface area contributed by atoms with Crippen molar-refractivity contribution in [3.8, 4) is 11.5 Å². The maximum absolute atomic E-state index is 14.9. The van der Waals surface area contributed by atoms with Gasteiger partial charge in [-0.2, -0.15) is 8.78 Å². The Morgan fingerprint density at radius 2 is 1.37 bits per heavy atom. The number of ether oxygens (including phenoxy) is 2. The first-order valence-corrected chi connectivity index (χ1v) is 13.3. The average molecular weight is 535 g/mol. The molecule has 0 heterocycles. The number of hydrogen-bond donors (Lipinski definition) is 1. The molecule has 2 aliphatic rings. The van der Waals surface area contributed by atoms with E-state index in [4.69, 9.17) is 9.47 Å². The molecule has 0 spiro atoms. The van der Waals surface area contributed by atoms with E-state index >= 15 is 0 Å². The summed E-state index contributed by atoms with van der Waals surface area (Å²) in [6.07, 6.45) is 5.37. The summed E-state index contributed by atoms with van der Waals surface area (Å²) in [5.41, 5.74) is 0.494. The minimum atomic E-state index is -1.18. The molecule has 1 N–H and O–H groups in total. The Bertz CT molecular complexity index is 1150. The van der Waals surface area contributed by atoms with Crippen molar-refractivity contribution < 1.29 is 36.9 Å². The van der Waals surface area contributed by atoms with E-state index in [1.807, 2.05) is 0 Å². The predicted octanol–water partition coefficient (Wildman–Crippen LogP) is 7.34. The molecular weight excluding hydrogens is 500 g/mol. The van der Waals surface area contributed by atoms with Crippen LogP contribution >= 0.6 is 0 Å². The number of carbonyl (C=O) groups excluding carboxylic acids is 1. The predicted molar refractivity (Wildman–Crippen MR) is 135 cm³/mol. The highest BCUT2D eigenvalue weighted by Crippen LogP contribution is 2.41. The normalized spacial score (nSPS) is 24.5. The van der Waals surface area contributed by atoms with Crippen molar-refractivity contribution in [2.45, 2.75) is 76.2 Å². The molecule has 0 aliphatic heterocycles. The van der Waals surface area contributed by atoms with Gasteiger partial charge in [-0.25, -0.2) is 8.78 Å². The monoisotopic (exact) mass is 534 g/mol. The molecule has 38 heavy (non-hydrogen) atoms. The van der Waals surface area contributed by atoms with Crippen LogP contribution in [0.15, 0.2) is 36.9 Å². The molecule has 2 fully saturated rings. The van der Waals surface area contributed by atoms with E-state index in [0.29, 0.717) is 38.5 Å². The lowest BCUT2D eigenvalue weighted by molar-refractivity contribution is -0.140. The van der Waals surface area contributed by atoms with Crippen LogP contribution in [0.4, 0.5) is 17.6 Å². The Morgan fingerprint density at radius 3 is 1.89 bits per heavy atom. The van der Waals surface area contributed by atoms with Gasteiger partial charge >= 0.3 is 5.97 Å². The number of aliphatic hydroxyl groups is 1. The molecular formula is C30H34F4O4. The third-order valence-electron chi connectivity index (χ3n) is 8.11. The summed E-state index contributed by atoms with van der Waals surface area (Å²) in [7, 11) is 0. The summed E-state index contributed by atoms with van der Waals surface area (Å²) < 4.78 is 69.1. The standard InChI is InChI=1S/C30H34F4O4/c1-3-16-37-24-14-12-22(26(31)28(24)33)20-8-10-21(11-9-20)30(36)38-25-15-13-23(27(32)29(25)34)19-6-4-18(5-7-19)17(2)35/h3,12-15,17-21,35H,1,4-11,16H2,2H3. The number of esters is 1. The number of hydrogen-bond acceptors (Lipinski definition) is 4. The Kier molecular flexibility index (Phi) is 9.13. The zero-order chi connectivity index (χ0) is 27.4. The summed E-state index contributed by atoms with van der Waals surface area (Å²) in [5, 5.41) is 9.77. The summed E-state index contributed by atoms with van der Waals surface area (Å²) >= 11 is 0. The lowest BCUT2D eigenvalue weighted by Crippen LogP contribution is -2.26. The zero-order valence-corrected chi connectivity index (χ0v) is 21.5. The minimum absolute atomic E-state index is 0.0567. The van der Waals surface area contributed by atoms with Crippen molar-refractivity contribution in [2.75, 3.05) is 6.61 Å². The van der Waals surface area contributed by atoms with Gasteiger partial charge in [0.15, 0.2) is 23.1 Å². The molecule has 206 valence electrons. The second-order valence-electron chi connectivity index (χ2n) is 10.5. The molecule has 4 rings (SSSR count). The van der Waals surface area contributed by atoms with Crippen molar-refractivity contribution in [2.24, 2.45) is 11.8 Å². The average Bonchev–Trinajstić information content (AvgIpc) is 2.92. The van der Waals surface area contributed by atoms with Crippen molar-refractivity contribution in [3.05, 3.63) is 71.3 Å². The fourth-order valence-corrected chi connectivity index (χ4v) is 5.81. The van der Waals surface area contributed by atoms with Crippen LogP contribution in [0.1, 0.15) is 81.3 Å². The van der Waals surface area contributed by atoms with Gasteiger partial charge in [-0.1, -0.05) is 24.8 Å². The van der Waals surface area contributed by atoms with Crippen LogP contribution in [0.25, 0.3) is 0 Å². The molecule has 2 aliphatic carbocycles. The quantitative estimate of drug-likeness (QED) is 0.167. The van der Waals surface area contributed by atoms with Gasteiger partial charge in [-0.3, -0.25) is 4.79 Å². The van der Waals surface area contributed by atoms with E-state index in [-0.39, 0.29) is 41.2 Å². The van der Waals surface area contributed by atoms with E-state index in [2.05, 4.69) is 6.58 Å². The van der Waals surface area contributed by atoms with Gasteiger partial charge in [0.2, 0.25) is 11.6 Å². The van der Waals surface area contributed by atoms with E-state index in [1.54, 1.807) is 6.92 Å². The van der Waals surface area contributed by atoms with Crippen LogP contribution in [0, 0.1) is 35.1 Å². The second-order valence-corrected chi connectivity index (χ2v) is 10.5. The molecule has 0 amide bonds. The van der Waals surface area contributed by atoms with Gasteiger partial charge in [0.1, 0.15) is 6.61 Å². The van der Waals surface area contributed by atoms with Crippen molar-refractivity contribution >= 4 is 5.97 Å². The third kappa shape index (κ3) is 6.06. The van der Waals surface area contributed by atoms with Crippen LogP contribution in [-0.2, 0) is 4.79 Å². The molecule has 4 nitrogen and oxygen atoms in total. The smallest absolute Gasteiger partial charge is 0.314 e. The van der Waals surface area contributed by atoms with Crippen LogP contribution in [0.2, 0.25) is 0 Å². The Balaban J connectivity index is 1.35. The van der Waals surface area contributed by atoms with Crippen LogP contribution < -0.4 is 9.47 Å². The highest BCUT2D eigenvalue weighted by Gasteiger charge is 2.33. The SMILES string of the molecule is C=CCOc1ccc(C2CCC(C(=O)Oc3ccc(C4CCC(C(C)O)CC4)c(F)c3F)CC2)c(F)c1F. The molecule has 8 heteroatoms. The van der Waals surface area contributed by atoms with E-state index in [9.17, 15) is 27.5 Å². The molecule has 2 aromatic carbocycles. The maximum atomic E-state index is 14.9. The summed E-state index contributed by atoms with van der Waals surface area (Å²) in [6, 6.07) is 5.66. The molecule has 2 saturated carbocycles. The highest BCUT2D eigenvalue weighted by molar-refractivity contribution is 5.75. The molecule has 0 saturated heterocycles. The summed E-state index contributed by atoms with van der Waals surface area (Å²) in [6.45, 7) is 5.28. The Hall–Kier alpha value is -2.87. The largest absolute Gasteiger partial charge is 0.486 e. The fourth-order valence-electron chi connectivity index (χ4n) is 5.81. The lowest BCUT2D eigenvalue weighted by Gasteiger charge is -2.30. The molecule has 0 radical (unpaired) electrons. The first-order chi connectivity index (χ1) is 18.2. The van der Waals surface area contributed by atoms with Crippen molar-refractivity contribution in [3.63, 3.8) is 0 Å². The van der Waals surface area contributed by atoms with Gasteiger partial charge in [-0.15, -0.1) is 0 Å². The lowest BCUT2D eigenvalue weighted by atomic mass is 9.77. The van der Waals surface area contributed by atoms with Crippen LogP contribution in [-0.4, -0.2) is 23.8 Å². The number of rotatable bonds is 8. The molecule has 0 bridgehead atoms. The van der Waals surface area contributed by atoms with Gasteiger partial charge in [-0.05, 0) is 99.3 Å². The molecule has 1 unspecified atom stereocenters. The van der Waals surface area contributed by atoms with Crippen LogP contribution in [0.3, 0.4) is 0 Å². The number of aliphatic hydroxyl groups excluding tert-OH is 1. The number of benzene rings is 2. The molecule has 0 aromatic heterocycles. The van der Waals surface area contributed by atoms with Crippen molar-refractivity contribution in [1.82, 2.24) is 0 Å². The minimum Gasteiger partial charge on any atom is -0.486 e. The maximum Gasteiger partial charge on any atom is 0.314 e. The molecule has 1 atom stereocenters. The summed E-state index contributed by atoms with van der Waals surface area (Å²) in [5.74, 6) is -6.30. The first-order valence-electron chi connectivity index (χ1n) is 13.3. The van der Waals surface area contributed by atoms with E-state index < -0.39 is 47.0 Å². The number of halogens is 4. The van der Waals surface area contributed by atoms with Gasteiger partial charge in [0, 0.05) is 0 Å². The fraction of sp³-hybridized carbons (Fsp3) is 0.500. The number of carbonyl (C=O) groups is 1.